The SMILES string of the molecule is N#Cc1ccc(S(=O)(=O)N2CCC(C(=O)NCCCc3ccccc3)CC2)cc1. The number of nitrogens with one attached hydrogen (secondary N) is 1. The maximum atomic E-state index is 12.8. The molecule has 0 saturated carbocycles. The Kier molecular flexibility index (Phi) is 7.02. The molecule has 1 amide bonds. The average molecular weight is 412 g/mol. The number of carbonyl (C=O) groups excluding carboxylic acids is 1. The van der Waals surface area contributed by atoms with Crippen molar-refractivity contribution in [1.29, 1.82) is 5.26 Å². The summed E-state index contributed by atoms with van der Waals surface area (Å²) in [5, 5.41) is 11.8. The minimum atomic E-state index is -3.60. The lowest BCUT2D eigenvalue weighted by molar-refractivity contribution is -0.126. The summed E-state index contributed by atoms with van der Waals surface area (Å²) < 4.78 is 26.9. The highest BCUT2D eigenvalue weighted by Gasteiger charge is 2.31. The molecule has 0 radical (unpaired) electrons. The Morgan fingerprint density at radius 3 is 2.34 bits per heavy atom. The summed E-state index contributed by atoms with van der Waals surface area (Å²) in [5.74, 6) is -0.146. The number of amides is 1. The van der Waals surface area contributed by atoms with Gasteiger partial charge in [0.1, 0.15) is 0 Å². The van der Waals surface area contributed by atoms with Gasteiger partial charge in [-0.25, -0.2) is 8.42 Å². The molecule has 29 heavy (non-hydrogen) atoms. The van der Waals surface area contributed by atoms with E-state index >= 15 is 0 Å². The summed E-state index contributed by atoms with van der Waals surface area (Å²) >= 11 is 0. The summed E-state index contributed by atoms with van der Waals surface area (Å²) in [6, 6.07) is 18.1. The first kappa shape index (κ1) is 21.0. The van der Waals surface area contributed by atoms with Gasteiger partial charge in [0.05, 0.1) is 16.5 Å². The second-order valence-electron chi connectivity index (χ2n) is 7.19. The number of rotatable bonds is 7. The molecule has 1 saturated heterocycles. The molecular formula is C22H25N3O3S. The van der Waals surface area contributed by atoms with Crippen LogP contribution in [0.1, 0.15) is 30.4 Å². The van der Waals surface area contributed by atoms with Crippen molar-refractivity contribution in [1.82, 2.24) is 9.62 Å². The second kappa shape index (κ2) is 9.68. The van der Waals surface area contributed by atoms with Crippen LogP contribution >= 0.6 is 0 Å². The number of hydrogen-bond donors (Lipinski definition) is 1. The summed E-state index contributed by atoms with van der Waals surface area (Å²) in [6.07, 6.45) is 2.82. The van der Waals surface area contributed by atoms with E-state index in [0.717, 1.165) is 12.8 Å². The van der Waals surface area contributed by atoms with Crippen molar-refractivity contribution in [3.63, 3.8) is 0 Å². The number of sulfonamides is 1. The first-order valence-electron chi connectivity index (χ1n) is 9.82. The summed E-state index contributed by atoms with van der Waals surface area (Å²) in [5.41, 5.74) is 1.68. The predicted octanol–water partition coefficient (Wildman–Crippen LogP) is 2.71. The number of carbonyl (C=O) groups is 1. The fourth-order valence-corrected chi connectivity index (χ4v) is 4.97. The molecule has 1 N–H and O–H groups in total. The lowest BCUT2D eigenvalue weighted by Gasteiger charge is -2.30. The highest BCUT2D eigenvalue weighted by molar-refractivity contribution is 7.89. The van der Waals surface area contributed by atoms with Crippen LogP contribution in [0.15, 0.2) is 59.5 Å². The molecule has 0 unspecified atom stereocenters. The average Bonchev–Trinajstić information content (AvgIpc) is 2.77. The van der Waals surface area contributed by atoms with Gasteiger partial charge >= 0.3 is 0 Å². The molecule has 0 aliphatic carbocycles. The van der Waals surface area contributed by atoms with Crippen LogP contribution in [0.25, 0.3) is 0 Å². The highest BCUT2D eigenvalue weighted by Crippen LogP contribution is 2.24. The molecule has 0 bridgehead atoms. The first-order valence-corrected chi connectivity index (χ1v) is 11.3. The Hall–Kier alpha value is -2.69. The van der Waals surface area contributed by atoms with Gasteiger partial charge in [-0.05, 0) is 55.5 Å². The van der Waals surface area contributed by atoms with Crippen LogP contribution in [0.2, 0.25) is 0 Å². The smallest absolute Gasteiger partial charge is 0.243 e. The number of benzene rings is 2. The molecule has 0 atom stereocenters. The molecule has 3 rings (SSSR count). The number of aryl methyl sites for hydroxylation is 1. The van der Waals surface area contributed by atoms with Gasteiger partial charge in [0.25, 0.3) is 0 Å². The molecule has 1 heterocycles. The molecule has 6 nitrogen and oxygen atoms in total. The van der Waals surface area contributed by atoms with E-state index < -0.39 is 10.0 Å². The van der Waals surface area contributed by atoms with Crippen LogP contribution in [-0.2, 0) is 21.2 Å². The van der Waals surface area contributed by atoms with Crippen molar-refractivity contribution in [2.75, 3.05) is 19.6 Å². The van der Waals surface area contributed by atoms with E-state index in [1.807, 2.05) is 24.3 Å². The Morgan fingerprint density at radius 2 is 1.72 bits per heavy atom. The van der Waals surface area contributed by atoms with Gasteiger partial charge in [-0.15, -0.1) is 0 Å². The maximum absolute atomic E-state index is 12.8. The summed E-state index contributed by atoms with van der Waals surface area (Å²) in [7, 11) is -3.60. The van der Waals surface area contributed by atoms with Crippen molar-refractivity contribution < 1.29 is 13.2 Å². The van der Waals surface area contributed by atoms with Gasteiger partial charge in [-0.2, -0.15) is 9.57 Å². The van der Waals surface area contributed by atoms with Crippen molar-refractivity contribution >= 4 is 15.9 Å². The molecule has 152 valence electrons. The zero-order valence-corrected chi connectivity index (χ0v) is 17.1. The lowest BCUT2D eigenvalue weighted by Crippen LogP contribution is -2.43. The number of nitriles is 1. The Morgan fingerprint density at radius 1 is 1.07 bits per heavy atom. The molecular weight excluding hydrogens is 386 g/mol. The van der Waals surface area contributed by atoms with E-state index in [1.165, 1.54) is 34.1 Å². The Bertz CT molecular complexity index is 959. The lowest BCUT2D eigenvalue weighted by atomic mass is 9.97. The quantitative estimate of drug-likeness (QED) is 0.710. The highest BCUT2D eigenvalue weighted by atomic mass is 32.2. The van der Waals surface area contributed by atoms with Crippen molar-refractivity contribution in [2.45, 2.75) is 30.6 Å². The predicted molar refractivity (Wildman–Crippen MR) is 110 cm³/mol. The van der Waals surface area contributed by atoms with Crippen LogP contribution in [0.4, 0.5) is 0 Å². The van der Waals surface area contributed by atoms with Crippen LogP contribution in [-0.4, -0.2) is 38.3 Å². The topological polar surface area (TPSA) is 90.3 Å². The van der Waals surface area contributed by atoms with E-state index in [2.05, 4.69) is 17.4 Å². The molecule has 0 spiro atoms. The molecule has 1 aliphatic rings. The number of nitrogens with zero attached hydrogens (tertiary/aromatic N) is 2. The normalized spacial score (nSPS) is 15.6. The second-order valence-corrected chi connectivity index (χ2v) is 9.13. The fourth-order valence-electron chi connectivity index (χ4n) is 3.50. The standard InChI is InChI=1S/C22H25N3O3S/c23-17-19-8-10-21(11-9-19)29(27,28)25-15-12-20(13-16-25)22(26)24-14-4-7-18-5-2-1-3-6-18/h1-3,5-6,8-11,20H,4,7,12-16H2,(H,24,26). The monoisotopic (exact) mass is 411 g/mol. The van der Waals surface area contributed by atoms with Crippen LogP contribution in [0.3, 0.4) is 0 Å². The van der Waals surface area contributed by atoms with Crippen LogP contribution in [0.5, 0.6) is 0 Å². The Labute approximate surface area is 172 Å². The van der Waals surface area contributed by atoms with Crippen LogP contribution < -0.4 is 5.32 Å². The van der Waals surface area contributed by atoms with Gasteiger partial charge < -0.3 is 5.32 Å². The van der Waals surface area contributed by atoms with Gasteiger partial charge in [0.2, 0.25) is 15.9 Å². The minimum absolute atomic E-state index is 0.00785. The van der Waals surface area contributed by atoms with Gasteiger partial charge in [0.15, 0.2) is 0 Å². The molecule has 7 heteroatoms. The van der Waals surface area contributed by atoms with E-state index in [0.29, 0.717) is 38.0 Å². The van der Waals surface area contributed by atoms with E-state index in [4.69, 9.17) is 5.26 Å². The molecule has 1 aliphatic heterocycles. The van der Waals surface area contributed by atoms with Crippen molar-refractivity contribution in [2.24, 2.45) is 5.92 Å². The van der Waals surface area contributed by atoms with Gasteiger partial charge in [-0.1, -0.05) is 30.3 Å². The largest absolute Gasteiger partial charge is 0.356 e. The van der Waals surface area contributed by atoms with E-state index in [9.17, 15) is 13.2 Å². The molecule has 1 fully saturated rings. The summed E-state index contributed by atoms with van der Waals surface area (Å²) in [4.78, 5) is 12.6. The Balaban J connectivity index is 1.45. The van der Waals surface area contributed by atoms with Gasteiger partial charge in [-0.3, -0.25) is 4.79 Å². The number of hydrogen-bond acceptors (Lipinski definition) is 4. The van der Waals surface area contributed by atoms with Crippen molar-refractivity contribution in [3.8, 4) is 6.07 Å². The van der Waals surface area contributed by atoms with Crippen LogP contribution in [0, 0.1) is 17.2 Å². The third-order valence-corrected chi connectivity index (χ3v) is 7.14. The molecule has 2 aromatic rings. The third-order valence-electron chi connectivity index (χ3n) is 5.23. The third kappa shape index (κ3) is 5.43. The fraction of sp³-hybridized carbons (Fsp3) is 0.364. The van der Waals surface area contributed by atoms with E-state index in [-0.39, 0.29) is 16.7 Å². The number of piperidine rings is 1. The zero-order valence-electron chi connectivity index (χ0n) is 16.3. The molecule has 0 aromatic heterocycles. The van der Waals surface area contributed by atoms with Gasteiger partial charge in [0, 0.05) is 25.6 Å². The molecule has 2 aromatic carbocycles. The zero-order chi connectivity index (χ0) is 20.7. The first-order chi connectivity index (χ1) is 14.0. The van der Waals surface area contributed by atoms with E-state index in [1.54, 1.807) is 0 Å². The maximum Gasteiger partial charge on any atom is 0.243 e. The summed E-state index contributed by atoms with van der Waals surface area (Å²) in [6.45, 7) is 1.27. The minimum Gasteiger partial charge on any atom is -0.356 e. The van der Waals surface area contributed by atoms with Crippen molar-refractivity contribution in [3.05, 3.63) is 65.7 Å².